The summed E-state index contributed by atoms with van der Waals surface area (Å²) in [7, 11) is 0. The van der Waals surface area contributed by atoms with Crippen molar-refractivity contribution in [3.05, 3.63) is 29.3 Å². The van der Waals surface area contributed by atoms with E-state index in [1.54, 1.807) is 0 Å². The molecule has 1 unspecified atom stereocenters. The first-order chi connectivity index (χ1) is 8.18. The Bertz CT molecular complexity index is 409. The Morgan fingerprint density at radius 2 is 2.24 bits per heavy atom. The molecule has 0 spiro atoms. The molecule has 3 nitrogen and oxygen atoms in total. The highest BCUT2D eigenvalue weighted by Crippen LogP contribution is 2.21. The number of hydrogen-bond donors (Lipinski definition) is 1. The largest absolute Gasteiger partial charge is 0.381 e. The maximum absolute atomic E-state index is 12.0. The molecule has 0 aromatic heterocycles. The number of aryl methyl sites for hydroxylation is 1. The van der Waals surface area contributed by atoms with Gasteiger partial charge in [0.15, 0.2) is 0 Å². The van der Waals surface area contributed by atoms with Crippen molar-refractivity contribution < 1.29 is 9.53 Å². The van der Waals surface area contributed by atoms with Crippen molar-refractivity contribution >= 4 is 11.6 Å². The van der Waals surface area contributed by atoms with Crippen molar-refractivity contribution in [3.63, 3.8) is 0 Å². The van der Waals surface area contributed by atoms with Gasteiger partial charge in [-0.25, -0.2) is 0 Å². The number of nitrogens with one attached hydrogen (secondary N) is 1. The minimum atomic E-state index is 0.00339. The van der Waals surface area contributed by atoms with Gasteiger partial charge in [0, 0.05) is 12.3 Å². The van der Waals surface area contributed by atoms with Gasteiger partial charge in [0.25, 0.3) is 0 Å². The van der Waals surface area contributed by atoms with Gasteiger partial charge in [-0.15, -0.1) is 0 Å². The zero-order valence-electron chi connectivity index (χ0n) is 10.5. The summed E-state index contributed by atoms with van der Waals surface area (Å²) in [5.41, 5.74) is 3.25. The van der Waals surface area contributed by atoms with Crippen LogP contribution in [0, 0.1) is 19.8 Å². The summed E-state index contributed by atoms with van der Waals surface area (Å²) >= 11 is 0. The number of hydrogen-bond acceptors (Lipinski definition) is 2. The number of ether oxygens (including phenoxy) is 1. The summed E-state index contributed by atoms with van der Waals surface area (Å²) in [4.78, 5) is 12.0. The van der Waals surface area contributed by atoms with Gasteiger partial charge in [-0.2, -0.15) is 0 Å². The highest BCUT2D eigenvalue weighted by molar-refractivity contribution is 5.93. The molecule has 17 heavy (non-hydrogen) atoms. The number of anilines is 1. The predicted octanol–water partition coefficient (Wildman–Crippen LogP) is 2.67. The predicted molar refractivity (Wildman–Crippen MR) is 68.1 cm³/mol. The van der Waals surface area contributed by atoms with E-state index in [1.807, 2.05) is 19.1 Å². The van der Waals surface area contributed by atoms with Crippen molar-refractivity contribution in [3.8, 4) is 0 Å². The third kappa shape index (κ3) is 2.86. The van der Waals surface area contributed by atoms with E-state index >= 15 is 0 Å². The van der Waals surface area contributed by atoms with Gasteiger partial charge in [0.2, 0.25) is 5.91 Å². The van der Waals surface area contributed by atoms with Crippen LogP contribution in [0.25, 0.3) is 0 Å². The van der Waals surface area contributed by atoms with E-state index in [1.165, 1.54) is 5.56 Å². The first-order valence-electron chi connectivity index (χ1n) is 6.13. The SMILES string of the molecule is Cc1cccc(NC(=O)C2CCCOC2)c1C. The van der Waals surface area contributed by atoms with Crippen LogP contribution in [0.4, 0.5) is 5.69 Å². The van der Waals surface area contributed by atoms with E-state index in [4.69, 9.17) is 4.74 Å². The minimum absolute atomic E-state index is 0.00339. The molecular weight excluding hydrogens is 214 g/mol. The third-order valence-electron chi connectivity index (χ3n) is 3.39. The highest BCUT2D eigenvalue weighted by Gasteiger charge is 2.22. The van der Waals surface area contributed by atoms with E-state index in [0.29, 0.717) is 6.61 Å². The lowest BCUT2D eigenvalue weighted by Crippen LogP contribution is -2.30. The first-order valence-corrected chi connectivity index (χ1v) is 6.13. The molecule has 1 aromatic rings. The van der Waals surface area contributed by atoms with Gasteiger partial charge in [0.05, 0.1) is 12.5 Å². The van der Waals surface area contributed by atoms with Crippen molar-refractivity contribution in [2.24, 2.45) is 5.92 Å². The molecule has 0 bridgehead atoms. The average molecular weight is 233 g/mol. The van der Waals surface area contributed by atoms with Gasteiger partial charge in [0.1, 0.15) is 0 Å². The molecule has 1 heterocycles. The summed E-state index contributed by atoms with van der Waals surface area (Å²) in [6.45, 7) is 5.42. The van der Waals surface area contributed by atoms with Crippen LogP contribution in [0.3, 0.4) is 0 Å². The van der Waals surface area contributed by atoms with Gasteiger partial charge in [-0.3, -0.25) is 4.79 Å². The molecule has 0 aliphatic carbocycles. The number of benzene rings is 1. The molecule has 1 saturated heterocycles. The Hall–Kier alpha value is -1.35. The average Bonchev–Trinajstić information content (AvgIpc) is 2.36. The normalized spacial score (nSPS) is 20.0. The molecule has 0 radical (unpaired) electrons. The maximum Gasteiger partial charge on any atom is 0.229 e. The fourth-order valence-electron chi connectivity index (χ4n) is 2.07. The van der Waals surface area contributed by atoms with Crippen LogP contribution in [0.5, 0.6) is 0 Å². The molecule has 1 atom stereocenters. The van der Waals surface area contributed by atoms with Gasteiger partial charge in [-0.1, -0.05) is 12.1 Å². The van der Waals surface area contributed by atoms with E-state index < -0.39 is 0 Å². The lowest BCUT2D eigenvalue weighted by atomic mass is 10.0. The molecule has 0 saturated carbocycles. The molecule has 92 valence electrons. The molecule has 1 amide bonds. The number of amides is 1. The standard InChI is InChI=1S/C14H19NO2/c1-10-5-3-7-13(11(10)2)15-14(16)12-6-4-8-17-9-12/h3,5,7,12H,4,6,8-9H2,1-2H3,(H,15,16). The van der Waals surface area contributed by atoms with Crippen LogP contribution < -0.4 is 5.32 Å². The van der Waals surface area contributed by atoms with E-state index in [2.05, 4.69) is 18.3 Å². The second kappa shape index (κ2) is 5.32. The second-order valence-corrected chi connectivity index (χ2v) is 4.65. The monoisotopic (exact) mass is 233 g/mol. The molecule has 2 rings (SSSR count). The van der Waals surface area contributed by atoms with E-state index in [9.17, 15) is 4.79 Å². The van der Waals surface area contributed by atoms with Crippen LogP contribution in [0.15, 0.2) is 18.2 Å². The third-order valence-corrected chi connectivity index (χ3v) is 3.39. The fourth-order valence-corrected chi connectivity index (χ4v) is 2.07. The Morgan fingerprint density at radius 3 is 2.94 bits per heavy atom. The summed E-state index contributed by atoms with van der Waals surface area (Å²) < 4.78 is 5.33. The zero-order valence-corrected chi connectivity index (χ0v) is 10.5. The lowest BCUT2D eigenvalue weighted by molar-refractivity contribution is -0.123. The van der Waals surface area contributed by atoms with Crippen molar-refractivity contribution in [2.75, 3.05) is 18.5 Å². The highest BCUT2D eigenvalue weighted by atomic mass is 16.5. The Labute approximate surface area is 102 Å². The van der Waals surface area contributed by atoms with Gasteiger partial charge in [-0.05, 0) is 43.9 Å². The minimum Gasteiger partial charge on any atom is -0.381 e. The van der Waals surface area contributed by atoms with Crippen molar-refractivity contribution in [2.45, 2.75) is 26.7 Å². The van der Waals surface area contributed by atoms with Crippen molar-refractivity contribution in [1.82, 2.24) is 0 Å². The van der Waals surface area contributed by atoms with Crippen LogP contribution >= 0.6 is 0 Å². The zero-order chi connectivity index (χ0) is 12.3. The Balaban J connectivity index is 2.04. The molecule has 3 heteroatoms. The summed E-state index contributed by atoms with van der Waals surface area (Å²) in [5, 5.41) is 3.00. The van der Waals surface area contributed by atoms with E-state index in [-0.39, 0.29) is 11.8 Å². The van der Waals surface area contributed by atoms with Crippen LogP contribution in [-0.4, -0.2) is 19.1 Å². The summed E-state index contributed by atoms with van der Waals surface area (Å²) in [6.07, 6.45) is 1.90. The second-order valence-electron chi connectivity index (χ2n) is 4.65. The van der Waals surface area contributed by atoms with Gasteiger partial charge < -0.3 is 10.1 Å². The first kappa shape index (κ1) is 12.1. The molecule has 1 aromatic carbocycles. The Kier molecular flexibility index (Phi) is 3.79. The van der Waals surface area contributed by atoms with Crippen LogP contribution in [0.2, 0.25) is 0 Å². The van der Waals surface area contributed by atoms with Crippen LogP contribution in [0.1, 0.15) is 24.0 Å². The van der Waals surface area contributed by atoms with Gasteiger partial charge >= 0.3 is 0 Å². The quantitative estimate of drug-likeness (QED) is 0.852. The molecule has 1 fully saturated rings. The Morgan fingerprint density at radius 1 is 1.41 bits per heavy atom. The molecule has 1 aliphatic rings. The fraction of sp³-hybridized carbons (Fsp3) is 0.500. The lowest BCUT2D eigenvalue weighted by Gasteiger charge is -2.22. The number of rotatable bonds is 2. The van der Waals surface area contributed by atoms with Crippen LogP contribution in [-0.2, 0) is 9.53 Å². The molecule has 1 aliphatic heterocycles. The molecule has 1 N–H and O–H groups in total. The topological polar surface area (TPSA) is 38.3 Å². The smallest absolute Gasteiger partial charge is 0.229 e. The maximum atomic E-state index is 12.0. The summed E-state index contributed by atoms with van der Waals surface area (Å²) in [6, 6.07) is 5.97. The molecular formula is C14H19NO2. The number of carbonyl (C=O) groups excluding carboxylic acids is 1. The summed E-state index contributed by atoms with van der Waals surface area (Å²) in [5.74, 6) is 0.0852. The number of carbonyl (C=O) groups is 1. The van der Waals surface area contributed by atoms with Crippen molar-refractivity contribution in [1.29, 1.82) is 0 Å². The van der Waals surface area contributed by atoms with E-state index in [0.717, 1.165) is 30.7 Å².